The highest BCUT2D eigenvalue weighted by Gasteiger charge is 2.07. The topological polar surface area (TPSA) is 53.5 Å². The molecule has 0 saturated carbocycles. The van der Waals surface area contributed by atoms with E-state index in [1.165, 1.54) is 12.8 Å². The van der Waals surface area contributed by atoms with Gasteiger partial charge in [-0.05, 0) is 26.2 Å². The van der Waals surface area contributed by atoms with E-state index in [0.29, 0.717) is 13.0 Å². The summed E-state index contributed by atoms with van der Waals surface area (Å²) in [6.07, 6.45) is 4.95. The molecule has 0 aromatic heterocycles. The van der Waals surface area contributed by atoms with E-state index in [1.807, 2.05) is 6.92 Å². The molecule has 0 aromatic carbocycles. The lowest BCUT2D eigenvalue weighted by atomic mass is 10.2. The Morgan fingerprint density at radius 1 is 1.50 bits per heavy atom. The summed E-state index contributed by atoms with van der Waals surface area (Å²) >= 11 is 0. The first-order valence-corrected chi connectivity index (χ1v) is 6.29. The Labute approximate surface area is 97.9 Å². The lowest BCUT2D eigenvalue weighted by molar-refractivity contribution is -0.121. The second kappa shape index (κ2) is 7.25. The third kappa shape index (κ3) is 5.14. The molecule has 1 unspecified atom stereocenters. The molecule has 1 amide bonds. The molecule has 0 radical (unpaired) electrons. The van der Waals surface area contributed by atoms with Gasteiger partial charge in [0.1, 0.15) is 0 Å². The van der Waals surface area contributed by atoms with Crippen LogP contribution in [0.1, 0.15) is 46.0 Å². The zero-order chi connectivity index (χ0) is 11.8. The van der Waals surface area contributed by atoms with Gasteiger partial charge in [-0.2, -0.15) is 0 Å². The van der Waals surface area contributed by atoms with Crippen LogP contribution < -0.4 is 10.6 Å². The molecule has 0 saturated heterocycles. The second-order valence-electron chi connectivity index (χ2n) is 4.34. The van der Waals surface area contributed by atoms with E-state index in [4.69, 9.17) is 0 Å². The third-order valence-corrected chi connectivity index (χ3v) is 2.83. The highest BCUT2D eigenvalue weighted by Crippen LogP contribution is 2.03. The van der Waals surface area contributed by atoms with Gasteiger partial charge in [-0.3, -0.25) is 9.79 Å². The van der Waals surface area contributed by atoms with Crippen molar-refractivity contribution in [3.63, 3.8) is 0 Å². The molecule has 0 spiro atoms. The van der Waals surface area contributed by atoms with Gasteiger partial charge in [0.05, 0.1) is 5.84 Å². The Kier molecular flexibility index (Phi) is 5.90. The van der Waals surface area contributed by atoms with Crippen LogP contribution in [0.2, 0.25) is 0 Å². The maximum Gasteiger partial charge on any atom is 0.221 e. The molecule has 1 aliphatic rings. The fourth-order valence-corrected chi connectivity index (χ4v) is 1.61. The predicted molar refractivity (Wildman–Crippen MR) is 66.7 cm³/mol. The SMILES string of the molecule is CCC(C)NC(=O)CCNC1=NCCCC1. The molecule has 1 aliphatic heterocycles. The standard InChI is InChI=1S/C12H23N3O/c1-3-10(2)15-12(16)7-9-14-11-6-4-5-8-13-11/h10H,3-9H2,1-2H3,(H,13,14)(H,15,16). The van der Waals surface area contributed by atoms with Gasteiger partial charge in [-0.15, -0.1) is 0 Å². The number of rotatable bonds is 5. The van der Waals surface area contributed by atoms with Crippen LogP contribution in [0, 0.1) is 0 Å². The summed E-state index contributed by atoms with van der Waals surface area (Å²) in [6, 6.07) is 0.277. The summed E-state index contributed by atoms with van der Waals surface area (Å²) in [5.41, 5.74) is 0. The average molecular weight is 225 g/mol. The van der Waals surface area contributed by atoms with Crippen molar-refractivity contribution >= 4 is 11.7 Å². The van der Waals surface area contributed by atoms with Gasteiger partial charge >= 0.3 is 0 Å². The van der Waals surface area contributed by atoms with Crippen LogP contribution in [-0.2, 0) is 4.79 Å². The van der Waals surface area contributed by atoms with Crippen molar-refractivity contribution in [2.24, 2.45) is 4.99 Å². The van der Waals surface area contributed by atoms with E-state index in [-0.39, 0.29) is 11.9 Å². The molecule has 4 heteroatoms. The highest BCUT2D eigenvalue weighted by molar-refractivity contribution is 5.83. The number of amidine groups is 1. The van der Waals surface area contributed by atoms with E-state index >= 15 is 0 Å². The Bertz CT molecular complexity index is 251. The van der Waals surface area contributed by atoms with E-state index < -0.39 is 0 Å². The Hall–Kier alpha value is -1.06. The Morgan fingerprint density at radius 3 is 2.94 bits per heavy atom. The summed E-state index contributed by atoms with van der Waals surface area (Å²) in [4.78, 5) is 15.8. The molecule has 0 bridgehead atoms. The van der Waals surface area contributed by atoms with Gasteiger partial charge in [-0.25, -0.2) is 0 Å². The van der Waals surface area contributed by atoms with Crippen molar-refractivity contribution in [1.29, 1.82) is 0 Å². The van der Waals surface area contributed by atoms with E-state index in [0.717, 1.165) is 25.2 Å². The number of nitrogens with zero attached hydrogens (tertiary/aromatic N) is 1. The van der Waals surface area contributed by atoms with Crippen LogP contribution in [0.5, 0.6) is 0 Å². The van der Waals surface area contributed by atoms with Gasteiger partial charge in [0.2, 0.25) is 5.91 Å². The number of hydrogen-bond donors (Lipinski definition) is 2. The summed E-state index contributed by atoms with van der Waals surface area (Å²) in [5.74, 6) is 1.20. The van der Waals surface area contributed by atoms with Crippen molar-refractivity contribution in [3.8, 4) is 0 Å². The van der Waals surface area contributed by atoms with E-state index in [1.54, 1.807) is 0 Å². The second-order valence-corrected chi connectivity index (χ2v) is 4.34. The zero-order valence-corrected chi connectivity index (χ0v) is 10.4. The lowest BCUT2D eigenvalue weighted by Crippen LogP contribution is -2.35. The van der Waals surface area contributed by atoms with Gasteiger partial charge in [0.15, 0.2) is 0 Å². The van der Waals surface area contributed by atoms with Crippen LogP contribution >= 0.6 is 0 Å². The number of amides is 1. The highest BCUT2D eigenvalue weighted by atomic mass is 16.1. The Morgan fingerprint density at radius 2 is 2.31 bits per heavy atom. The van der Waals surface area contributed by atoms with Gasteiger partial charge in [0.25, 0.3) is 0 Å². The minimum Gasteiger partial charge on any atom is -0.373 e. The van der Waals surface area contributed by atoms with Crippen LogP contribution in [0.15, 0.2) is 4.99 Å². The fourth-order valence-electron chi connectivity index (χ4n) is 1.61. The smallest absolute Gasteiger partial charge is 0.221 e. The zero-order valence-electron chi connectivity index (χ0n) is 10.4. The monoisotopic (exact) mass is 225 g/mol. The van der Waals surface area contributed by atoms with Crippen LogP contribution in [0.25, 0.3) is 0 Å². The molecule has 4 nitrogen and oxygen atoms in total. The van der Waals surface area contributed by atoms with Crippen molar-refractivity contribution < 1.29 is 4.79 Å². The molecule has 1 atom stereocenters. The number of hydrogen-bond acceptors (Lipinski definition) is 3. The lowest BCUT2D eigenvalue weighted by Gasteiger charge is -2.15. The number of carbonyl (C=O) groups excluding carboxylic acids is 1. The number of nitrogens with one attached hydrogen (secondary N) is 2. The predicted octanol–water partition coefficient (Wildman–Crippen LogP) is 1.46. The third-order valence-electron chi connectivity index (χ3n) is 2.83. The van der Waals surface area contributed by atoms with Crippen molar-refractivity contribution in [3.05, 3.63) is 0 Å². The number of carbonyl (C=O) groups is 1. The molecule has 0 aromatic rings. The van der Waals surface area contributed by atoms with Crippen molar-refractivity contribution in [2.45, 2.75) is 52.0 Å². The first kappa shape index (κ1) is 13.0. The molecule has 1 rings (SSSR count). The molecular formula is C12H23N3O. The van der Waals surface area contributed by atoms with Crippen LogP contribution in [0.3, 0.4) is 0 Å². The van der Waals surface area contributed by atoms with Gasteiger partial charge < -0.3 is 10.6 Å². The summed E-state index contributed by atoms with van der Waals surface area (Å²) < 4.78 is 0. The first-order valence-electron chi connectivity index (χ1n) is 6.29. The largest absolute Gasteiger partial charge is 0.373 e. The molecule has 2 N–H and O–H groups in total. The fraction of sp³-hybridized carbons (Fsp3) is 0.833. The first-order chi connectivity index (χ1) is 7.72. The normalized spacial score (nSPS) is 17.5. The van der Waals surface area contributed by atoms with Crippen molar-refractivity contribution in [1.82, 2.24) is 10.6 Å². The van der Waals surface area contributed by atoms with Gasteiger partial charge in [-0.1, -0.05) is 6.92 Å². The quantitative estimate of drug-likeness (QED) is 0.744. The van der Waals surface area contributed by atoms with Crippen LogP contribution in [-0.4, -0.2) is 30.9 Å². The van der Waals surface area contributed by atoms with Crippen molar-refractivity contribution in [2.75, 3.05) is 13.1 Å². The summed E-state index contributed by atoms with van der Waals surface area (Å²) in [5, 5.41) is 6.18. The maximum atomic E-state index is 11.5. The molecular weight excluding hydrogens is 202 g/mol. The Balaban J connectivity index is 2.10. The minimum atomic E-state index is 0.123. The van der Waals surface area contributed by atoms with Crippen LogP contribution in [0.4, 0.5) is 0 Å². The van der Waals surface area contributed by atoms with E-state index in [9.17, 15) is 4.79 Å². The molecule has 1 heterocycles. The molecule has 0 fully saturated rings. The maximum absolute atomic E-state index is 11.5. The average Bonchev–Trinajstić information content (AvgIpc) is 2.30. The summed E-state index contributed by atoms with van der Waals surface area (Å²) in [7, 11) is 0. The number of aliphatic imine (C=N–C) groups is 1. The summed E-state index contributed by atoms with van der Waals surface area (Å²) in [6.45, 7) is 5.72. The minimum absolute atomic E-state index is 0.123. The molecule has 0 aliphatic carbocycles. The molecule has 92 valence electrons. The molecule has 16 heavy (non-hydrogen) atoms. The van der Waals surface area contributed by atoms with E-state index in [2.05, 4.69) is 22.5 Å². The van der Waals surface area contributed by atoms with Gasteiger partial charge in [0, 0.05) is 32.0 Å².